The summed E-state index contributed by atoms with van der Waals surface area (Å²) in [6.07, 6.45) is 2.64. The zero-order chi connectivity index (χ0) is 11.9. The minimum absolute atomic E-state index is 0.338. The third-order valence-electron chi connectivity index (χ3n) is 4.03. The van der Waals surface area contributed by atoms with Gasteiger partial charge in [0.2, 0.25) is 0 Å². The van der Waals surface area contributed by atoms with Crippen LogP contribution in [0.25, 0.3) is 0 Å². The Hall–Kier alpha value is -0.300. The Morgan fingerprint density at radius 3 is 2.62 bits per heavy atom. The van der Waals surface area contributed by atoms with E-state index in [1.54, 1.807) is 11.1 Å². The van der Waals surface area contributed by atoms with Gasteiger partial charge in [0, 0.05) is 4.47 Å². The van der Waals surface area contributed by atoms with Gasteiger partial charge < -0.3 is 0 Å². The molecule has 1 atom stereocenters. The van der Waals surface area contributed by atoms with Gasteiger partial charge in [-0.25, -0.2) is 0 Å². The quantitative estimate of drug-likeness (QED) is 0.658. The Morgan fingerprint density at radius 1 is 1.31 bits per heavy atom. The number of halogens is 1. The summed E-state index contributed by atoms with van der Waals surface area (Å²) < 4.78 is 1.21. The van der Waals surface area contributed by atoms with E-state index in [2.05, 4.69) is 61.8 Å². The fourth-order valence-corrected chi connectivity index (χ4v) is 3.30. The van der Waals surface area contributed by atoms with Crippen molar-refractivity contribution < 1.29 is 0 Å². The van der Waals surface area contributed by atoms with Crippen LogP contribution in [0.15, 0.2) is 22.7 Å². The molecule has 1 aliphatic rings. The first kappa shape index (κ1) is 12.2. The molecule has 16 heavy (non-hydrogen) atoms. The number of hydrogen-bond acceptors (Lipinski definition) is 0. The Bertz CT molecular complexity index is 390. The zero-order valence-electron chi connectivity index (χ0n) is 10.7. The molecule has 88 valence electrons. The van der Waals surface area contributed by atoms with Crippen molar-refractivity contribution in [2.45, 2.75) is 51.9 Å². The molecule has 0 radical (unpaired) electrons. The monoisotopic (exact) mass is 280 g/mol. The van der Waals surface area contributed by atoms with Crippen molar-refractivity contribution in [3.05, 3.63) is 33.8 Å². The van der Waals surface area contributed by atoms with Gasteiger partial charge in [-0.2, -0.15) is 0 Å². The van der Waals surface area contributed by atoms with Gasteiger partial charge in [0.25, 0.3) is 0 Å². The van der Waals surface area contributed by atoms with E-state index in [0.29, 0.717) is 5.41 Å². The number of benzene rings is 1. The van der Waals surface area contributed by atoms with Gasteiger partial charge in [-0.1, -0.05) is 49.7 Å². The molecule has 0 amide bonds. The van der Waals surface area contributed by atoms with Crippen LogP contribution in [0, 0.1) is 5.92 Å². The van der Waals surface area contributed by atoms with Crippen molar-refractivity contribution in [3.63, 3.8) is 0 Å². The van der Waals surface area contributed by atoms with Gasteiger partial charge in [-0.05, 0) is 53.4 Å². The van der Waals surface area contributed by atoms with Crippen LogP contribution in [-0.4, -0.2) is 0 Å². The van der Waals surface area contributed by atoms with Crippen LogP contribution in [0.3, 0.4) is 0 Å². The molecule has 1 aliphatic carbocycles. The summed E-state index contributed by atoms with van der Waals surface area (Å²) in [5.41, 5.74) is 3.46. The predicted octanol–water partition coefficient (Wildman–Crippen LogP) is 5.26. The molecule has 1 heteroatoms. The number of rotatable bonds is 1. The molecule has 0 aromatic heterocycles. The predicted molar refractivity (Wildman–Crippen MR) is 74.0 cm³/mol. The molecule has 0 saturated heterocycles. The second-order valence-corrected chi connectivity index (χ2v) is 6.92. The fourth-order valence-electron chi connectivity index (χ4n) is 2.94. The van der Waals surface area contributed by atoms with E-state index in [1.807, 2.05) is 0 Å². The van der Waals surface area contributed by atoms with Crippen LogP contribution in [-0.2, 0) is 5.41 Å². The van der Waals surface area contributed by atoms with Crippen LogP contribution in [0.5, 0.6) is 0 Å². The lowest BCUT2D eigenvalue weighted by Gasteiger charge is -2.39. The first-order valence-corrected chi connectivity index (χ1v) is 7.01. The average Bonchev–Trinajstić information content (AvgIpc) is 2.18. The Balaban J connectivity index is 2.53. The van der Waals surface area contributed by atoms with Gasteiger partial charge in [-0.3, -0.25) is 0 Å². The molecular weight excluding hydrogens is 260 g/mol. The third-order valence-corrected chi connectivity index (χ3v) is 4.52. The van der Waals surface area contributed by atoms with Crippen molar-refractivity contribution in [1.82, 2.24) is 0 Å². The third kappa shape index (κ3) is 2.07. The highest BCUT2D eigenvalue weighted by Crippen LogP contribution is 2.45. The summed E-state index contributed by atoms with van der Waals surface area (Å²) in [4.78, 5) is 0. The molecular formula is C15H21Br. The topological polar surface area (TPSA) is 0 Å². The van der Waals surface area contributed by atoms with Gasteiger partial charge in [0.15, 0.2) is 0 Å². The molecule has 0 saturated carbocycles. The summed E-state index contributed by atoms with van der Waals surface area (Å²) in [6, 6.07) is 6.84. The van der Waals surface area contributed by atoms with Crippen LogP contribution in [0.1, 0.15) is 57.6 Å². The van der Waals surface area contributed by atoms with E-state index in [0.717, 1.165) is 11.8 Å². The molecule has 0 fully saturated rings. The SMILES string of the molecule is CC(C)C1CCC(C)(C)c2cc(Br)ccc21. The van der Waals surface area contributed by atoms with E-state index < -0.39 is 0 Å². The molecule has 1 aromatic carbocycles. The summed E-state index contributed by atoms with van der Waals surface area (Å²) >= 11 is 3.60. The molecule has 0 bridgehead atoms. The van der Waals surface area contributed by atoms with Crippen LogP contribution < -0.4 is 0 Å². The maximum Gasteiger partial charge on any atom is 0.0178 e. The number of hydrogen-bond donors (Lipinski definition) is 0. The van der Waals surface area contributed by atoms with E-state index in [1.165, 1.54) is 17.3 Å². The summed E-state index contributed by atoms with van der Waals surface area (Å²) in [5.74, 6) is 1.49. The Labute approximate surface area is 108 Å². The molecule has 2 rings (SSSR count). The smallest absolute Gasteiger partial charge is 0.0178 e. The van der Waals surface area contributed by atoms with Crippen LogP contribution in [0.4, 0.5) is 0 Å². The van der Waals surface area contributed by atoms with Gasteiger partial charge in [-0.15, -0.1) is 0 Å². The first-order chi connectivity index (χ1) is 7.42. The highest BCUT2D eigenvalue weighted by Gasteiger charge is 2.33. The lowest BCUT2D eigenvalue weighted by atomic mass is 9.66. The van der Waals surface area contributed by atoms with Crippen LogP contribution in [0.2, 0.25) is 0 Å². The van der Waals surface area contributed by atoms with Gasteiger partial charge in [0.05, 0.1) is 0 Å². The number of fused-ring (bicyclic) bond motifs is 1. The molecule has 1 unspecified atom stereocenters. The molecule has 0 aliphatic heterocycles. The van der Waals surface area contributed by atoms with E-state index in [9.17, 15) is 0 Å². The maximum atomic E-state index is 3.60. The highest BCUT2D eigenvalue weighted by atomic mass is 79.9. The van der Waals surface area contributed by atoms with Crippen molar-refractivity contribution in [3.8, 4) is 0 Å². The molecule has 0 heterocycles. The Morgan fingerprint density at radius 2 is 2.00 bits per heavy atom. The minimum Gasteiger partial charge on any atom is -0.0622 e. The van der Waals surface area contributed by atoms with E-state index >= 15 is 0 Å². The summed E-state index contributed by atoms with van der Waals surface area (Å²) in [5, 5.41) is 0. The average molecular weight is 281 g/mol. The fraction of sp³-hybridized carbons (Fsp3) is 0.600. The van der Waals surface area contributed by atoms with E-state index in [4.69, 9.17) is 0 Å². The van der Waals surface area contributed by atoms with Gasteiger partial charge >= 0.3 is 0 Å². The second kappa shape index (κ2) is 4.18. The summed E-state index contributed by atoms with van der Waals surface area (Å²) in [7, 11) is 0. The lowest BCUT2D eigenvalue weighted by molar-refractivity contribution is 0.346. The zero-order valence-corrected chi connectivity index (χ0v) is 12.3. The van der Waals surface area contributed by atoms with E-state index in [-0.39, 0.29) is 0 Å². The van der Waals surface area contributed by atoms with Crippen molar-refractivity contribution in [2.75, 3.05) is 0 Å². The first-order valence-electron chi connectivity index (χ1n) is 6.22. The highest BCUT2D eigenvalue weighted by molar-refractivity contribution is 9.10. The normalized spacial score (nSPS) is 23.2. The maximum absolute atomic E-state index is 3.60. The van der Waals surface area contributed by atoms with Crippen molar-refractivity contribution in [2.24, 2.45) is 5.92 Å². The second-order valence-electron chi connectivity index (χ2n) is 6.00. The standard InChI is InChI=1S/C15H21Br/c1-10(2)12-7-8-15(3,4)14-9-11(16)5-6-13(12)14/h5-6,9-10,12H,7-8H2,1-4H3. The van der Waals surface area contributed by atoms with Gasteiger partial charge in [0.1, 0.15) is 0 Å². The van der Waals surface area contributed by atoms with Crippen LogP contribution >= 0.6 is 15.9 Å². The molecule has 0 spiro atoms. The minimum atomic E-state index is 0.338. The van der Waals surface area contributed by atoms with Crippen molar-refractivity contribution in [1.29, 1.82) is 0 Å². The molecule has 0 N–H and O–H groups in total. The van der Waals surface area contributed by atoms with Crippen molar-refractivity contribution >= 4 is 15.9 Å². The molecule has 1 aromatic rings. The summed E-state index contributed by atoms with van der Waals surface area (Å²) in [6.45, 7) is 9.42. The largest absolute Gasteiger partial charge is 0.0622 e. The Kier molecular flexibility index (Phi) is 3.18. The lowest BCUT2D eigenvalue weighted by Crippen LogP contribution is -2.28. The molecule has 0 nitrogen and oxygen atoms in total.